The van der Waals surface area contributed by atoms with E-state index < -0.39 is 17.6 Å². The minimum atomic E-state index is -1.07. The Bertz CT molecular complexity index is 962. The Balaban J connectivity index is 2.28. The molecule has 2 N–H and O–H groups in total. The summed E-state index contributed by atoms with van der Waals surface area (Å²) in [7, 11) is 4.33. The van der Waals surface area contributed by atoms with Crippen LogP contribution in [0, 0.1) is 4.77 Å². The molecule has 0 fully saturated rings. The zero-order valence-corrected chi connectivity index (χ0v) is 13.9. The molecular weight excluding hydrogens is 336 g/mol. The minimum Gasteiger partial charge on any atom is -0.494 e. The number of hydrogen-bond donors (Lipinski definition) is 2. The van der Waals surface area contributed by atoms with E-state index in [1.54, 1.807) is 12.1 Å². The van der Waals surface area contributed by atoms with Gasteiger partial charge in [-0.2, -0.15) is 0 Å². The Hall–Kier alpha value is -2.81. The van der Waals surface area contributed by atoms with Crippen LogP contribution >= 0.6 is 12.2 Å². The van der Waals surface area contributed by atoms with Crippen molar-refractivity contribution in [3.63, 3.8) is 0 Å². The molecule has 1 aromatic heterocycles. The summed E-state index contributed by atoms with van der Waals surface area (Å²) in [5.74, 6) is -0.472. The number of fused-ring (bicyclic) bond motifs is 1. The molecule has 2 aromatic rings. The molecule has 0 radical (unpaired) electrons. The van der Waals surface area contributed by atoms with Crippen LogP contribution in [0.15, 0.2) is 16.9 Å². The average molecular weight is 350 g/mol. The lowest BCUT2D eigenvalue weighted by Gasteiger charge is -2.14. The van der Waals surface area contributed by atoms with E-state index in [0.29, 0.717) is 11.3 Å². The fraction of sp³-hybridized carbons (Fsp3) is 0.267. The van der Waals surface area contributed by atoms with Crippen LogP contribution in [0.3, 0.4) is 0 Å². The number of esters is 1. The van der Waals surface area contributed by atoms with Crippen molar-refractivity contribution in [1.82, 2.24) is 9.55 Å². The Morgan fingerprint density at radius 2 is 2.00 bits per heavy atom. The number of aromatic nitrogens is 2. The second kappa shape index (κ2) is 5.68. The Labute approximate surface area is 141 Å². The van der Waals surface area contributed by atoms with Crippen molar-refractivity contribution in [2.75, 3.05) is 14.2 Å². The van der Waals surface area contributed by atoms with E-state index in [9.17, 15) is 14.7 Å². The van der Waals surface area contributed by atoms with E-state index >= 15 is 0 Å². The molecule has 1 aliphatic heterocycles. The van der Waals surface area contributed by atoms with Gasteiger partial charge in [-0.05, 0) is 18.3 Å². The highest BCUT2D eigenvalue weighted by Gasteiger charge is 2.39. The van der Waals surface area contributed by atoms with Gasteiger partial charge in [0.25, 0.3) is 5.56 Å². The molecule has 3 rings (SSSR count). The summed E-state index contributed by atoms with van der Waals surface area (Å²) in [6.07, 6.45) is -1.07. The van der Waals surface area contributed by atoms with E-state index in [4.69, 9.17) is 26.4 Å². The summed E-state index contributed by atoms with van der Waals surface area (Å²) in [5, 5.41) is 10.3. The van der Waals surface area contributed by atoms with Crippen LogP contribution in [0.2, 0.25) is 0 Å². The van der Waals surface area contributed by atoms with Gasteiger partial charge in [0.15, 0.2) is 22.4 Å². The predicted molar refractivity (Wildman–Crippen MR) is 85.3 cm³/mol. The van der Waals surface area contributed by atoms with Crippen molar-refractivity contribution in [2.45, 2.75) is 6.10 Å². The Morgan fingerprint density at radius 3 is 2.62 bits per heavy atom. The number of nitrogens with zero attached hydrogens (tertiary/aromatic N) is 1. The van der Waals surface area contributed by atoms with Gasteiger partial charge in [-0.25, -0.2) is 4.79 Å². The van der Waals surface area contributed by atoms with Gasteiger partial charge in [-0.15, -0.1) is 0 Å². The summed E-state index contributed by atoms with van der Waals surface area (Å²) < 4.78 is 17.0. The molecule has 24 heavy (non-hydrogen) atoms. The summed E-state index contributed by atoms with van der Waals surface area (Å²) in [4.78, 5) is 27.0. The highest BCUT2D eigenvalue weighted by molar-refractivity contribution is 7.71. The number of carbonyl (C=O) groups excluding carboxylic acids is 1. The molecule has 2 heterocycles. The molecule has 0 aliphatic carbocycles. The highest BCUT2D eigenvalue weighted by Crippen LogP contribution is 2.44. The molecular formula is C15H14N2O6S. The second-order valence-corrected chi connectivity index (χ2v) is 5.49. The topological polar surface area (TPSA) is 103 Å². The molecule has 0 saturated heterocycles. The van der Waals surface area contributed by atoms with E-state index in [1.165, 1.54) is 25.8 Å². The summed E-state index contributed by atoms with van der Waals surface area (Å²) in [5.41, 5.74) is -0.178. The largest absolute Gasteiger partial charge is 0.494 e. The minimum absolute atomic E-state index is 0.0538. The van der Waals surface area contributed by atoms with Crippen LogP contribution in [-0.4, -0.2) is 34.8 Å². The summed E-state index contributed by atoms with van der Waals surface area (Å²) >= 11 is 4.94. The molecule has 1 aliphatic rings. The van der Waals surface area contributed by atoms with Crippen LogP contribution in [0.1, 0.15) is 27.6 Å². The quantitative estimate of drug-likeness (QED) is 0.637. The molecule has 0 amide bonds. The van der Waals surface area contributed by atoms with E-state index in [2.05, 4.69) is 4.98 Å². The van der Waals surface area contributed by atoms with E-state index in [1.807, 2.05) is 0 Å². The molecule has 0 bridgehead atoms. The van der Waals surface area contributed by atoms with Gasteiger partial charge in [0.2, 0.25) is 5.88 Å². The molecule has 9 heteroatoms. The first kappa shape index (κ1) is 16.1. The zero-order valence-electron chi connectivity index (χ0n) is 13.1. The molecule has 0 unspecified atom stereocenters. The van der Waals surface area contributed by atoms with Crippen molar-refractivity contribution < 1.29 is 24.1 Å². The maximum absolute atomic E-state index is 12.3. The number of H-pyrrole nitrogens is 1. The fourth-order valence-corrected chi connectivity index (χ4v) is 2.86. The van der Waals surface area contributed by atoms with Gasteiger partial charge >= 0.3 is 5.97 Å². The number of ether oxygens (including phenoxy) is 3. The van der Waals surface area contributed by atoms with Crippen molar-refractivity contribution in [1.29, 1.82) is 0 Å². The third kappa shape index (κ3) is 2.16. The Morgan fingerprint density at radius 1 is 1.29 bits per heavy atom. The third-order valence-corrected chi connectivity index (χ3v) is 4.26. The average Bonchev–Trinajstić information content (AvgIpc) is 2.88. The predicted octanol–water partition coefficient (Wildman–Crippen LogP) is 1.43. The van der Waals surface area contributed by atoms with Crippen LogP contribution < -0.4 is 15.0 Å². The van der Waals surface area contributed by atoms with Gasteiger partial charge in [-0.1, -0.05) is 6.07 Å². The lowest BCUT2D eigenvalue weighted by Crippen LogP contribution is -2.21. The van der Waals surface area contributed by atoms with Crippen LogP contribution in [0.25, 0.3) is 0 Å². The van der Waals surface area contributed by atoms with Crippen molar-refractivity contribution in [3.05, 3.63) is 43.9 Å². The van der Waals surface area contributed by atoms with Gasteiger partial charge in [0.05, 0.1) is 14.2 Å². The summed E-state index contributed by atoms with van der Waals surface area (Å²) in [6.45, 7) is 0. The van der Waals surface area contributed by atoms with E-state index in [0.717, 1.165) is 0 Å². The molecule has 1 atom stereocenters. The number of hydrogen-bond acceptors (Lipinski definition) is 7. The van der Waals surface area contributed by atoms with Crippen LogP contribution in [0.5, 0.6) is 17.4 Å². The van der Waals surface area contributed by atoms with Crippen molar-refractivity contribution in [3.8, 4) is 17.4 Å². The van der Waals surface area contributed by atoms with Crippen LogP contribution in [-0.2, 0) is 11.8 Å². The first-order valence-corrected chi connectivity index (χ1v) is 7.29. The number of nitrogens with one attached hydrogen (secondary N) is 1. The molecule has 126 valence electrons. The normalized spacial score (nSPS) is 15.8. The van der Waals surface area contributed by atoms with Gasteiger partial charge in [-0.3, -0.25) is 14.3 Å². The second-order valence-electron chi connectivity index (χ2n) is 5.11. The number of cyclic esters (lactones) is 1. The molecule has 0 spiro atoms. The van der Waals surface area contributed by atoms with Gasteiger partial charge in [0, 0.05) is 12.6 Å². The smallest absolute Gasteiger partial charge is 0.343 e. The molecule has 1 aromatic carbocycles. The number of carbonyl (C=O) groups is 1. The number of aromatic amines is 1. The monoisotopic (exact) mass is 350 g/mol. The Kier molecular flexibility index (Phi) is 3.80. The SMILES string of the molecule is COc1ccc2c(c1OC)C(=O)O[C@H]2c1c(O)n(C)c(=S)[nH]c1=O. The van der Waals surface area contributed by atoms with Crippen LogP contribution in [0.4, 0.5) is 0 Å². The standard InChI is InChI=1S/C15H14N2O6S/c1-17-13(19)9(12(18)16-15(17)24)10-6-4-5-7(21-2)11(22-3)8(6)14(20)23-10/h4-5,10,19H,1-3H3,(H,16,18,24)/t10-/m1/s1. The van der Waals surface area contributed by atoms with Gasteiger partial charge < -0.3 is 19.3 Å². The maximum Gasteiger partial charge on any atom is 0.343 e. The lowest BCUT2D eigenvalue weighted by atomic mass is 9.99. The number of aromatic hydroxyl groups is 1. The molecule has 8 nitrogen and oxygen atoms in total. The number of benzene rings is 1. The van der Waals surface area contributed by atoms with Gasteiger partial charge in [0.1, 0.15) is 11.1 Å². The summed E-state index contributed by atoms with van der Waals surface area (Å²) in [6, 6.07) is 3.19. The zero-order chi connectivity index (χ0) is 17.6. The lowest BCUT2D eigenvalue weighted by molar-refractivity contribution is 0.0446. The van der Waals surface area contributed by atoms with Crippen molar-refractivity contribution in [2.24, 2.45) is 7.05 Å². The fourth-order valence-electron chi connectivity index (χ4n) is 2.68. The highest BCUT2D eigenvalue weighted by atomic mass is 32.1. The number of rotatable bonds is 3. The van der Waals surface area contributed by atoms with Crippen molar-refractivity contribution >= 4 is 18.2 Å². The maximum atomic E-state index is 12.3. The molecule has 0 saturated carbocycles. The third-order valence-electron chi connectivity index (χ3n) is 3.88. The first-order chi connectivity index (χ1) is 11.4. The number of methoxy groups -OCH3 is 2. The van der Waals surface area contributed by atoms with E-state index in [-0.39, 0.29) is 27.5 Å². The first-order valence-electron chi connectivity index (χ1n) is 6.88.